The zero-order valence-electron chi connectivity index (χ0n) is 13.6. The van der Waals surface area contributed by atoms with Crippen LogP contribution in [-0.2, 0) is 11.3 Å². The van der Waals surface area contributed by atoms with Crippen molar-refractivity contribution in [3.63, 3.8) is 0 Å². The molecule has 21 heavy (non-hydrogen) atoms. The minimum absolute atomic E-state index is 0.0447. The van der Waals surface area contributed by atoms with Crippen LogP contribution in [0.15, 0.2) is 18.2 Å². The highest BCUT2D eigenvalue weighted by atomic mass is 16.5. The van der Waals surface area contributed by atoms with Crippen molar-refractivity contribution in [2.75, 3.05) is 13.2 Å². The van der Waals surface area contributed by atoms with Crippen LogP contribution in [0.5, 0.6) is 5.75 Å². The molecule has 118 valence electrons. The van der Waals surface area contributed by atoms with Crippen molar-refractivity contribution in [2.24, 2.45) is 0 Å². The summed E-state index contributed by atoms with van der Waals surface area (Å²) < 4.78 is 11.0. The average molecular weight is 293 g/mol. The monoisotopic (exact) mass is 293 g/mol. The molecule has 0 saturated heterocycles. The quantitative estimate of drug-likeness (QED) is 0.757. The van der Waals surface area contributed by atoms with Crippen molar-refractivity contribution < 1.29 is 14.3 Å². The number of hydrogen-bond donors (Lipinski definition) is 1. The molecule has 0 heterocycles. The first kappa shape index (κ1) is 17.5. The van der Waals surface area contributed by atoms with Crippen LogP contribution >= 0.6 is 0 Å². The second-order valence-corrected chi connectivity index (χ2v) is 5.06. The molecule has 0 spiro atoms. The van der Waals surface area contributed by atoms with Gasteiger partial charge in [0.05, 0.1) is 13.2 Å². The highest BCUT2D eigenvalue weighted by molar-refractivity contribution is 5.94. The van der Waals surface area contributed by atoms with Gasteiger partial charge in [-0.3, -0.25) is 4.79 Å². The Hall–Kier alpha value is -1.55. The molecule has 0 unspecified atom stereocenters. The van der Waals surface area contributed by atoms with Gasteiger partial charge in [0.25, 0.3) is 5.91 Å². The third-order valence-electron chi connectivity index (χ3n) is 3.18. The SMILES string of the molecule is CCC[C@@H](C)NC(=O)c1ccc(OCC)c(COCC)c1. The molecule has 0 fully saturated rings. The number of benzene rings is 1. The molecular weight excluding hydrogens is 266 g/mol. The highest BCUT2D eigenvalue weighted by Gasteiger charge is 2.12. The molecule has 0 aliphatic heterocycles. The van der Waals surface area contributed by atoms with Crippen LogP contribution in [0.1, 0.15) is 56.5 Å². The lowest BCUT2D eigenvalue weighted by Crippen LogP contribution is -2.32. The second-order valence-electron chi connectivity index (χ2n) is 5.06. The molecule has 0 aliphatic rings. The molecule has 1 rings (SSSR count). The zero-order valence-corrected chi connectivity index (χ0v) is 13.6. The fraction of sp³-hybridized carbons (Fsp3) is 0.588. The van der Waals surface area contributed by atoms with E-state index in [4.69, 9.17) is 9.47 Å². The first-order valence-corrected chi connectivity index (χ1v) is 7.76. The van der Waals surface area contributed by atoms with Crippen molar-refractivity contribution in [2.45, 2.75) is 53.2 Å². The van der Waals surface area contributed by atoms with E-state index in [1.807, 2.05) is 32.9 Å². The first-order chi connectivity index (χ1) is 10.1. The highest BCUT2D eigenvalue weighted by Crippen LogP contribution is 2.21. The summed E-state index contributed by atoms with van der Waals surface area (Å²) >= 11 is 0. The third kappa shape index (κ3) is 5.76. The van der Waals surface area contributed by atoms with Gasteiger partial charge in [-0.05, 0) is 45.4 Å². The third-order valence-corrected chi connectivity index (χ3v) is 3.18. The molecule has 0 bridgehead atoms. The van der Waals surface area contributed by atoms with Crippen molar-refractivity contribution in [3.8, 4) is 5.75 Å². The van der Waals surface area contributed by atoms with Gasteiger partial charge in [0, 0.05) is 23.8 Å². The van der Waals surface area contributed by atoms with Crippen LogP contribution in [0.2, 0.25) is 0 Å². The number of carbonyl (C=O) groups is 1. The summed E-state index contributed by atoms with van der Waals surface area (Å²) in [4.78, 5) is 12.2. The smallest absolute Gasteiger partial charge is 0.251 e. The predicted octanol–water partition coefficient (Wildman–Crippen LogP) is 3.54. The summed E-state index contributed by atoms with van der Waals surface area (Å²) in [5.74, 6) is 0.737. The molecule has 1 amide bonds. The van der Waals surface area contributed by atoms with Crippen molar-refractivity contribution in [1.29, 1.82) is 0 Å². The first-order valence-electron chi connectivity index (χ1n) is 7.76. The average Bonchev–Trinajstić information content (AvgIpc) is 2.46. The number of ether oxygens (including phenoxy) is 2. The fourth-order valence-electron chi connectivity index (χ4n) is 2.15. The van der Waals surface area contributed by atoms with Gasteiger partial charge < -0.3 is 14.8 Å². The Bertz CT molecular complexity index is 446. The van der Waals surface area contributed by atoms with Crippen LogP contribution < -0.4 is 10.1 Å². The summed E-state index contributed by atoms with van der Waals surface area (Å²) in [6.45, 7) is 9.71. The lowest BCUT2D eigenvalue weighted by atomic mass is 10.1. The topological polar surface area (TPSA) is 47.6 Å². The van der Waals surface area contributed by atoms with Crippen LogP contribution in [0.3, 0.4) is 0 Å². The molecule has 0 aromatic heterocycles. The van der Waals surface area contributed by atoms with Gasteiger partial charge in [-0.2, -0.15) is 0 Å². The molecule has 4 heteroatoms. The summed E-state index contributed by atoms with van der Waals surface area (Å²) in [6, 6.07) is 5.68. The van der Waals surface area contributed by atoms with Gasteiger partial charge in [-0.1, -0.05) is 13.3 Å². The lowest BCUT2D eigenvalue weighted by molar-refractivity contribution is 0.0937. The second kappa shape index (κ2) is 9.40. The molecular formula is C17H27NO3. The van der Waals surface area contributed by atoms with Gasteiger partial charge in [-0.15, -0.1) is 0 Å². The molecule has 1 aromatic rings. The Morgan fingerprint density at radius 2 is 2.00 bits per heavy atom. The van der Waals surface area contributed by atoms with E-state index in [1.165, 1.54) is 0 Å². The zero-order chi connectivity index (χ0) is 15.7. The molecule has 1 N–H and O–H groups in total. The minimum Gasteiger partial charge on any atom is -0.494 e. The molecule has 0 radical (unpaired) electrons. The van der Waals surface area contributed by atoms with Gasteiger partial charge in [0.2, 0.25) is 0 Å². The normalized spacial score (nSPS) is 12.0. The van der Waals surface area contributed by atoms with Crippen LogP contribution in [0.4, 0.5) is 0 Å². The maximum Gasteiger partial charge on any atom is 0.251 e. The Morgan fingerprint density at radius 3 is 2.62 bits per heavy atom. The van der Waals surface area contributed by atoms with E-state index >= 15 is 0 Å². The van der Waals surface area contributed by atoms with E-state index in [0.717, 1.165) is 24.2 Å². The van der Waals surface area contributed by atoms with Crippen LogP contribution in [0, 0.1) is 0 Å². The Balaban J connectivity index is 2.84. The molecule has 4 nitrogen and oxygen atoms in total. The fourth-order valence-corrected chi connectivity index (χ4v) is 2.15. The Labute approximate surface area is 127 Å². The predicted molar refractivity (Wildman–Crippen MR) is 84.8 cm³/mol. The number of carbonyl (C=O) groups excluding carboxylic acids is 1. The van der Waals surface area contributed by atoms with Crippen molar-refractivity contribution in [1.82, 2.24) is 5.32 Å². The van der Waals surface area contributed by atoms with Gasteiger partial charge in [0.1, 0.15) is 5.75 Å². The minimum atomic E-state index is -0.0447. The van der Waals surface area contributed by atoms with E-state index in [-0.39, 0.29) is 11.9 Å². The summed E-state index contributed by atoms with van der Waals surface area (Å²) in [5, 5.41) is 3.01. The van der Waals surface area contributed by atoms with Gasteiger partial charge in [-0.25, -0.2) is 0 Å². The van der Waals surface area contributed by atoms with E-state index in [1.54, 1.807) is 6.07 Å². The van der Waals surface area contributed by atoms with Crippen LogP contribution in [-0.4, -0.2) is 25.2 Å². The summed E-state index contributed by atoms with van der Waals surface area (Å²) in [7, 11) is 0. The molecule has 0 saturated carbocycles. The van der Waals surface area contributed by atoms with Gasteiger partial charge in [0.15, 0.2) is 0 Å². The van der Waals surface area contributed by atoms with E-state index in [9.17, 15) is 4.79 Å². The number of amides is 1. The maximum absolute atomic E-state index is 12.2. The largest absolute Gasteiger partial charge is 0.494 e. The summed E-state index contributed by atoms with van der Waals surface area (Å²) in [5.41, 5.74) is 1.56. The maximum atomic E-state index is 12.2. The Kier molecular flexibility index (Phi) is 7.83. The molecule has 1 aromatic carbocycles. The van der Waals surface area contributed by atoms with Crippen molar-refractivity contribution in [3.05, 3.63) is 29.3 Å². The number of rotatable bonds is 9. The van der Waals surface area contributed by atoms with E-state index in [2.05, 4.69) is 12.2 Å². The Morgan fingerprint density at radius 1 is 1.24 bits per heavy atom. The molecule has 1 atom stereocenters. The standard InChI is InChI=1S/C17H27NO3/c1-5-8-13(4)18-17(19)14-9-10-16(21-7-3)15(11-14)12-20-6-2/h9-11,13H,5-8,12H2,1-4H3,(H,18,19)/t13-/m1/s1. The number of nitrogens with one attached hydrogen (secondary N) is 1. The van der Waals surface area contributed by atoms with Gasteiger partial charge >= 0.3 is 0 Å². The van der Waals surface area contributed by atoms with Crippen LogP contribution in [0.25, 0.3) is 0 Å². The number of hydrogen-bond acceptors (Lipinski definition) is 3. The van der Waals surface area contributed by atoms with E-state index < -0.39 is 0 Å². The lowest BCUT2D eigenvalue weighted by Gasteiger charge is -2.15. The van der Waals surface area contributed by atoms with E-state index in [0.29, 0.717) is 25.4 Å². The summed E-state index contributed by atoms with van der Waals surface area (Å²) in [6.07, 6.45) is 2.04. The molecule has 0 aliphatic carbocycles. The van der Waals surface area contributed by atoms with Crippen molar-refractivity contribution >= 4 is 5.91 Å².